The quantitative estimate of drug-likeness (QED) is 0.643. The summed E-state index contributed by atoms with van der Waals surface area (Å²) in [6.45, 7) is 7.58. The van der Waals surface area contributed by atoms with Gasteiger partial charge in [-0.25, -0.2) is 0 Å². The lowest BCUT2D eigenvalue weighted by Crippen LogP contribution is -1.83. The Hall–Kier alpha value is -2.34. The van der Waals surface area contributed by atoms with Crippen LogP contribution in [0.2, 0.25) is 0 Å². The maximum atomic E-state index is 3.79. The molecule has 0 nitrogen and oxygen atoms in total. The molecule has 0 N–H and O–H groups in total. The molecule has 0 saturated carbocycles. The molecule has 0 radical (unpaired) electrons. The molecule has 0 heterocycles. The van der Waals surface area contributed by atoms with Gasteiger partial charge in [-0.15, -0.1) is 0 Å². The first-order valence-electron chi connectivity index (χ1n) is 5.96. The monoisotopic (exact) mass is 232 g/mol. The average Bonchev–Trinajstić information content (AvgIpc) is 2.46. The molecule has 2 rings (SSSR count). The number of benzene rings is 2. The molecular weight excluding hydrogens is 216 g/mol. The van der Waals surface area contributed by atoms with Crippen molar-refractivity contribution in [2.24, 2.45) is 0 Å². The zero-order chi connectivity index (χ0) is 12.8. The van der Waals surface area contributed by atoms with E-state index in [1.807, 2.05) is 24.3 Å². The van der Waals surface area contributed by atoms with Crippen molar-refractivity contribution < 1.29 is 0 Å². The Morgan fingerprint density at radius 2 is 1.39 bits per heavy atom. The molecule has 0 amide bonds. The molecule has 0 aliphatic carbocycles. The molecule has 18 heavy (non-hydrogen) atoms. The molecule has 0 aromatic heterocycles. The van der Waals surface area contributed by atoms with Gasteiger partial charge < -0.3 is 0 Å². The zero-order valence-electron chi connectivity index (χ0n) is 10.3. The van der Waals surface area contributed by atoms with Crippen molar-refractivity contribution in [1.82, 2.24) is 0 Å². The molecule has 0 unspecified atom stereocenters. The lowest BCUT2D eigenvalue weighted by atomic mass is 9.98. The van der Waals surface area contributed by atoms with Crippen LogP contribution in [0.1, 0.15) is 5.56 Å². The summed E-state index contributed by atoms with van der Waals surface area (Å²) in [7, 11) is 0. The Morgan fingerprint density at radius 1 is 0.778 bits per heavy atom. The van der Waals surface area contributed by atoms with Gasteiger partial charge in [0, 0.05) is 0 Å². The average molecular weight is 232 g/mol. The van der Waals surface area contributed by atoms with E-state index >= 15 is 0 Å². The maximum absolute atomic E-state index is 3.79. The van der Waals surface area contributed by atoms with Crippen LogP contribution in [0, 0.1) is 0 Å². The van der Waals surface area contributed by atoms with Crippen LogP contribution in [0.3, 0.4) is 0 Å². The van der Waals surface area contributed by atoms with Crippen molar-refractivity contribution in [3.63, 3.8) is 0 Å². The van der Waals surface area contributed by atoms with Crippen LogP contribution in [0.4, 0.5) is 0 Å². The second kappa shape index (κ2) is 5.83. The second-order valence-corrected chi connectivity index (χ2v) is 4.01. The molecule has 0 bridgehead atoms. The zero-order valence-corrected chi connectivity index (χ0v) is 10.3. The van der Waals surface area contributed by atoms with Crippen molar-refractivity contribution in [1.29, 1.82) is 0 Å². The summed E-state index contributed by atoms with van der Waals surface area (Å²) >= 11 is 0. The van der Waals surface area contributed by atoms with E-state index in [2.05, 4.69) is 61.7 Å². The first kappa shape index (κ1) is 12.1. The van der Waals surface area contributed by atoms with E-state index in [4.69, 9.17) is 0 Å². The highest BCUT2D eigenvalue weighted by molar-refractivity contribution is 5.77. The highest BCUT2D eigenvalue weighted by Crippen LogP contribution is 2.25. The fraction of sp³-hybridized carbons (Fsp3) is 0. The Bertz CT molecular complexity index is 564. The maximum Gasteiger partial charge on any atom is -0.0111 e. The van der Waals surface area contributed by atoms with Crippen LogP contribution >= 0.6 is 0 Å². The van der Waals surface area contributed by atoms with E-state index in [-0.39, 0.29) is 0 Å². The van der Waals surface area contributed by atoms with Gasteiger partial charge in [0.2, 0.25) is 0 Å². The Balaban J connectivity index is 2.53. The molecular formula is C18H16. The fourth-order valence-corrected chi connectivity index (χ4v) is 1.88. The van der Waals surface area contributed by atoms with E-state index in [9.17, 15) is 0 Å². The molecule has 0 aliphatic rings. The number of hydrogen-bond acceptors (Lipinski definition) is 0. The summed E-state index contributed by atoms with van der Waals surface area (Å²) in [5, 5.41) is 0. The van der Waals surface area contributed by atoms with Crippen molar-refractivity contribution in [3.8, 4) is 11.1 Å². The third kappa shape index (κ3) is 2.67. The van der Waals surface area contributed by atoms with Crippen LogP contribution in [0.15, 0.2) is 85.5 Å². The van der Waals surface area contributed by atoms with Gasteiger partial charge in [0.25, 0.3) is 0 Å². The van der Waals surface area contributed by atoms with E-state index in [1.54, 1.807) is 0 Å². The first-order chi connectivity index (χ1) is 8.85. The normalized spacial score (nSPS) is 9.56. The Morgan fingerprint density at radius 3 is 2.06 bits per heavy atom. The molecule has 0 heteroatoms. The van der Waals surface area contributed by atoms with Gasteiger partial charge in [-0.3, -0.25) is 0 Å². The van der Waals surface area contributed by atoms with Gasteiger partial charge >= 0.3 is 0 Å². The van der Waals surface area contributed by atoms with Crippen molar-refractivity contribution >= 4 is 6.08 Å². The molecule has 0 spiro atoms. The van der Waals surface area contributed by atoms with Gasteiger partial charge in [0.1, 0.15) is 0 Å². The standard InChI is InChI=1S/C18H16/c1-3-15(4-2)14-17-12-8-9-13-18(17)16-10-6-5-7-11-16/h3-14H,1-2H2. The van der Waals surface area contributed by atoms with Crippen molar-refractivity contribution in [2.45, 2.75) is 0 Å². The summed E-state index contributed by atoms with van der Waals surface area (Å²) in [4.78, 5) is 0. The van der Waals surface area contributed by atoms with Crippen molar-refractivity contribution in [3.05, 3.63) is 91.0 Å². The van der Waals surface area contributed by atoms with Crippen LogP contribution < -0.4 is 0 Å². The summed E-state index contributed by atoms with van der Waals surface area (Å²) in [6, 6.07) is 18.7. The minimum atomic E-state index is 1.03. The molecule has 0 fully saturated rings. The van der Waals surface area contributed by atoms with E-state index in [0.29, 0.717) is 0 Å². The van der Waals surface area contributed by atoms with Crippen LogP contribution in [-0.4, -0.2) is 0 Å². The number of rotatable bonds is 4. The fourth-order valence-electron chi connectivity index (χ4n) is 1.88. The van der Waals surface area contributed by atoms with E-state index in [0.717, 1.165) is 5.57 Å². The minimum Gasteiger partial charge on any atom is -0.0985 e. The highest BCUT2D eigenvalue weighted by Gasteiger charge is 2.01. The number of allylic oxidation sites excluding steroid dienone is 3. The van der Waals surface area contributed by atoms with Crippen molar-refractivity contribution in [2.75, 3.05) is 0 Å². The lowest BCUT2D eigenvalue weighted by Gasteiger charge is -2.06. The molecule has 0 atom stereocenters. The van der Waals surface area contributed by atoms with Gasteiger partial charge in [0.15, 0.2) is 0 Å². The third-order valence-corrected chi connectivity index (χ3v) is 2.84. The minimum absolute atomic E-state index is 1.03. The van der Waals surface area contributed by atoms with E-state index < -0.39 is 0 Å². The van der Waals surface area contributed by atoms with Gasteiger partial charge in [0.05, 0.1) is 0 Å². The smallest absolute Gasteiger partial charge is 0.0111 e. The summed E-state index contributed by atoms with van der Waals surface area (Å²) < 4.78 is 0. The number of hydrogen-bond donors (Lipinski definition) is 0. The van der Waals surface area contributed by atoms with Gasteiger partial charge in [-0.2, -0.15) is 0 Å². The molecule has 88 valence electrons. The van der Waals surface area contributed by atoms with Crippen LogP contribution in [-0.2, 0) is 0 Å². The SMILES string of the molecule is C=CC(C=C)=Cc1ccccc1-c1ccccc1. The topological polar surface area (TPSA) is 0 Å². The highest BCUT2D eigenvalue weighted by atomic mass is 14.1. The Labute approximate surface area is 109 Å². The predicted octanol–water partition coefficient (Wildman–Crippen LogP) is 5.11. The second-order valence-electron chi connectivity index (χ2n) is 4.01. The first-order valence-corrected chi connectivity index (χ1v) is 5.96. The lowest BCUT2D eigenvalue weighted by molar-refractivity contribution is 1.58. The van der Waals surface area contributed by atoms with Crippen LogP contribution in [0.5, 0.6) is 0 Å². The van der Waals surface area contributed by atoms with Gasteiger partial charge in [-0.05, 0) is 28.3 Å². The molecule has 2 aromatic carbocycles. The van der Waals surface area contributed by atoms with Gasteiger partial charge in [-0.1, -0.05) is 79.9 Å². The molecule has 0 aliphatic heterocycles. The Kier molecular flexibility index (Phi) is 3.93. The third-order valence-electron chi connectivity index (χ3n) is 2.84. The summed E-state index contributed by atoms with van der Waals surface area (Å²) in [5.41, 5.74) is 4.65. The largest absolute Gasteiger partial charge is 0.0985 e. The van der Waals surface area contributed by atoms with E-state index in [1.165, 1.54) is 16.7 Å². The predicted molar refractivity (Wildman–Crippen MR) is 80.2 cm³/mol. The molecule has 0 saturated heterocycles. The van der Waals surface area contributed by atoms with Crippen LogP contribution in [0.25, 0.3) is 17.2 Å². The summed E-state index contributed by atoms with van der Waals surface area (Å²) in [5.74, 6) is 0. The molecule has 2 aromatic rings. The summed E-state index contributed by atoms with van der Waals surface area (Å²) in [6.07, 6.45) is 5.73.